The van der Waals surface area contributed by atoms with Gasteiger partial charge < -0.3 is 10.1 Å². The molecule has 0 aliphatic rings. The largest absolute Gasteiger partial charge is 0.375 e. The molecule has 24 heavy (non-hydrogen) atoms. The maximum atomic E-state index is 12.2. The SMILES string of the molecule is Cc1cccc([N+](=O)[O-])c1C(=O)NCCOCc1ccc(Cl)cc1. The van der Waals surface area contributed by atoms with Crippen molar-refractivity contribution in [1.82, 2.24) is 5.32 Å². The Balaban J connectivity index is 1.83. The van der Waals surface area contributed by atoms with Gasteiger partial charge in [-0.05, 0) is 30.2 Å². The van der Waals surface area contributed by atoms with Crippen molar-refractivity contribution in [2.24, 2.45) is 0 Å². The lowest BCUT2D eigenvalue weighted by atomic mass is 10.1. The van der Waals surface area contributed by atoms with Crippen LogP contribution in [0.25, 0.3) is 0 Å². The number of nitrogens with one attached hydrogen (secondary N) is 1. The number of rotatable bonds is 7. The third-order valence-electron chi connectivity index (χ3n) is 3.39. The number of amides is 1. The topological polar surface area (TPSA) is 81.5 Å². The van der Waals surface area contributed by atoms with Crippen LogP contribution in [0.4, 0.5) is 5.69 Å². The minimum atomic E-state index is -0.557. The van der Waals surface area contributed by atoms with Gasteiger partial charge in [0.25, 0.3) is 11.6 Å². The van der Waals surface area contributed by atoms with E-state index in [4.69, 9.17) is 16.3 Å². The van der Waals surface area contributed by atoms with Gasteiger partial charge in [-0.25, -0.2) is 0 Å². The summed E-state index contributed by atoms with van der Waals surface area (Å²) in [6.07, 6.45) is 0. The molecule has 0 unspecified atom stereocenters. The average molecular weight is 349 g/mol. The fourth-order valence-corrected chi connectivity index (χ4v) is 2.32. The molecular weight excluding hydrogens is 332 g/mol. The third kappa shape index (κ3) is 4.78. The van der Waals surface area contributed by atoms with E-state index in [1.54, 1.807) is 31.2 Å². The molecule has 0 saturated heterocycles. The smallest absolute Gasteiger partial charge is 0.282 e. The van der Waals surface area contributed by atoms with Crippen LogP contribution < -0.4 is 5.32 Å². The van der Waals surface area contributed by atoms with Gasteiger partial charge in [0.15, 0.2) is 0 Å². The van der Waals surface area contributed by atoms with E-state index in [9.17, 15) is 14.9 Å². The fraction of sp³-hybridized carbons (Fsp3) is 0.235. The number of nitro groups is 1. The number of hydrogen-bond donors (Lipinski definition) is 1. The Labute approximate surface area is 144 Å². The lowest BCUT2D eigenvalue weighted by Crippen LogP contribution is -2.28. The van der Waals surface area contributed by atoms with E-state index < -0.39 is 10.8 Å². The van der Waals surface area contributed by atoms with Gasteiger partial charge >= 0.3 is 0 Å². The van der Waals surface area contributed by atoms with Crippen LogP contribution >= 0.6 is 11.6 Å². The Kier molecular flexibility index (Phi) is 6.28. The van der Waals surface area contributed by atoms with E-state index in [0.29, 0.717) is 23.8 Å². The molecule has 0 fully saturated rings. The number of ether oxygens (including phenoxy) is 1. The highest BCUT2D eigenvalue weighted by Crippen LogP contribution is 2.21. The minimum Gasteiger partial charge on any atom is -0.375 e. The van der Waals surface area contributed by atoms with Gasteiger partial charge in [-0.1, -0.05) is 35.9 Å². The zero-order valence-corrected chi connectivity index (χ0v) is 13.9. The molecule has 1 amide bonds. The normalized spacial score (nSPS) is 10.4. The second-order valence-corrected chi connectivity index (χ2v) is 5.60. The van der Waals surface area contributed by atoms with E-state index in [1.807, 2.05) is 12.1 Å². The van der Waals surface area contributed by atoms with Crippen molar-refractivity contribution in [1.29, 1.82) is 0 Å². The number of aryl methyl sites for hydroxylation is 1. The molecule has 0 spiro atoms. The van der Waals surface area contributed by atoms with E-state index in [-0.39, 0.29) is 17.8 Å². The van der Waals surface area contributed by atoms with Crippen molar-refractivity contribution in [3.8, 4) is 0 Å². The van der Waals surface area contributed by atoms with Crippen molar-refractivity contribution in [2.45, 2.75) is 13.5 Å². The van der Waals surface area contributed by atoms with Gasteiger partial charge in [-0.2, -0.15) is 0 Å². The number of hydrogen-bond acceptors (Lipinski definition) is 4. The summed E-state index contributed by atoms with van der Waals surface area (Å²) < 4.78 is 5.46. The highest BCUT2D eigenvalue weighted by Gasteiger charge is 2.21. The van der Waals surface area contributed by atoms with Crippen LogP contribution in [0, 0.1) is 17.0 Å². The van der Waals surface area contributed by atoms with Crippen LogP contribution in [0.1, 0.15) is 21.5 Å². The van der Waals surface area contributed by atoms with Crippen LogP contribution in [0.3, 0.4) is 0 Å². The molecule has 2 aromatic rings. The van der Waals surface area contributed by atoms with E-state index >= 15 is 0 Å². The fourth-order valence-electron chi connectivity index (χ4n) is 2.20. The first-order chi connectivity index (χ1) is 11.5. The first-order valence-electron chi connectivity index (χ1n) is 7.33. The number of carbonyl (C=O) groups is 1. The summed E-state index contributed by atoms with van der Waals surface area (Å²) in [6, 6.07) is 11.8. The molecule has 0 aromatic heterocycles. The van der Waals surface area contributed by atoms with Crippen molar-refractivity contribution in [3.63, 3.8) is 0 Å². The Hall–Kier alpha value is -2.44. The van der Waals surface area contributed by atoms with Crippen LogP contribution in [0.5, 0.6) is 0 Å². The molecule has 7 heteroatoms. The number of halogens is 1. The molecule has 0 bridgehead atoms. The van der Waals surface area contributed by atoms with Crippen LogP contribution in [-0.4, -0.2) is 24.0 Å². The van der Waals surface area contributed by atoms with Gasteiger partial charge in [0.1, 0.15) is 5.56 Å². The lowest BCUT2D eigenvalue weighted by Gasteiger charge is -2.09. The second-order valence-electron chi connectivity index (χ2n) is 5.16. The Morgan fingerprint density at radius 2 is 1.96 bits per heavy atom. The molecule has 6 nitrogen and oxygen atoms in total. The predicted molar refractivity (Wildman–Crippen MR) is 91.3 cm³/mol. The molecule has 2 rings (SSSR count). The molecule has 126 valence electrons. The standard InChI is InChI=1S/C17H17ClN2O4/c1-12-3-2-4-15(20(22)23)16(12)17(21)19-9-10-24-11-13-5-7-14(18)8-6-13/h2-8H,9-11H2,1H3,(H,19,21). The maximum Gasteiger partial charge on any atom is 0.282 e. The summed E-state index contributed by atoms with van der Waals surface area (Å²) in [5.41, 5.74) is 1.42. The summed E-state index contributed by atoms with van der Waals surface area (Å²) in [7, 11) is 0. The minimum absolute atomic E-state index is 0.0835. The quantitative estimate of drug-likeness (QED) is 0.471. The van der Waals surface area contributed by atoms with Crippen LogP contribution in [-0.2, 0) is 11.3 Å². The first-order valence-corrected chi connectivity index (χ1v) is 7.71. The average Bonchev–Trinajstić information content (AvgIpc) is 2.55. The van der Waals surface area contributed by atoms with Crippen LogP contribution in [0.15, 0.2) is 42.5 Å². The van der Waals surface area contributed by atoms with E-state index in [1.165, 1.54) is 6.07 Å². The molecule has 0 heterocycles. The molecule has 0 aliphatic carbocycles. The zero-order valence-electron chi connectivity index (χ0n) is 13.1. The molecule has 2 aromatic carbocycles. The first kappa shape index (κ1) is 17.9. The number of nitrogens with zero attached hydrogens (tertiary/aromatic N) is 1. The second kappa shape index (κ2) is 8.42. The van der Waals surface area contributed by atoms with Gasteiger partial charge in [0, 0.05) is 17.6 Å². The Bertz CT molecular complexity index is 732. The van der Waals surface area contributed by atoms with Gasteiger partial charge in [-0.15, -0.1) is 0 Å². The number of nitro benzene ring substituents is 1. The molecule has 0 atom stereocenters. The monoisotopic (exact) mass is 348 g/mol. The maximum absolute atomic E-state index is 12.2. The summed E-state index contributed by atoms with van der Waals surface area (Å²) in [5, 5.41) is 14.3. The van der Waals surface area contributed by atoms with Crippen molar-refractivity contribution in [3.05, 3.63) is 74.3 Å². The van der Waals surface area contributed by atoms with Crippen molar-refractivity contribution < 1.29 is 14.5 Å². The summed E-state index contributed by atoms with van der Waals surface area (Å²) in [6.45, 7) is 2.63. The molecule has 0 radical (unpaired) electrons. The number of carbonyl (C=O) groups excluding carboxylic acids is 1. The highest BCUT2D eigenvalue weighted by molar-refractivity contribution is 6.30. The van der Waals surface area contributed by atoms with E-state index in [0.717, 1.165) is 5.56 Å². The third-order valence-corrected chi connectivity index (χ3v) is 3.64. The van der Waals surface area contributed by atoms with Gasteiger partial charge in [0.05, 0.1) is 18.1 Å². The molecule has 1 N–H and O–H groups in total. The molecular formula is C17H17ClN2O4. The number of benzene rings is 2. The predicted octanol–water partition coefficient (Wildman–Crippen LogP) is 3.50. The molecule has 0 saturated carbocycles. The highest BCUT2D eigenvalue weighted by atomic mass is 35.5. The Morgan fingerprint density at radius 1 is 1.25 bits per heavy atom. The van der Waals surface area contributed by atoms with Gasteiger partial charge in [0.2, 0.25) is 0 Å². The van der Waals surface area contributed by atoms with Crippen molar-refractivity contribution in [2.75, 3.05) is 13.2 Å². The molecule has 0 aliphatic heterocycles. The Morgan fingerprint density at radius 3 is 2.62 bits per heavy atom. The summed E-state index contributed by atoms with van der Waals surface area (Å²) >= 11 is 5.80. The van der Waals surface area contributed by atoms with Crippen LogP contribution in [0.2, 0.25) is 5.02 Å². The van der Waals surface area contributed by atoms with Gasteiger partial charge in [-0.3, -0.25) is 14.9 Å². The summed E-state index contributed by atoms with van der Waals surface area (Å²) in [5.74, 6) is -0.477. The summed E-state index contributed by atoms with van der Waals surface area (Å²) in [4.78, 5) is 22.6. The van der Waals surface area contributed by atoms with Crippen molar-refractivity contribution >= 4 is 23.2 Å². The lowest BCUT2D eigenvalue weighted by molar-refractivity contribution is -0.385. The zero-order chi connectivity index (χ0) is 17.5. The van der Waals surface area contributed by atoms with E-state index in [2.05, 4.69) is 5.32 Å².